The maximum absolute atomic E-state index is 10.00. The minimum atomic E-state index is -2.07. The van der Waals surface area contributed by atoms with Gasteiger partial charge in [0.25, 0.3) is 0 Å². The second-order valence-electron chi connectivity index (χ2n) is 6.90. The lowest BCUT2D eigenvalue weighted by Gasteiger charge is -2.10. The van der Waals surface area contributed by atoms with E-state index in [2.05, 4.69) is 29.5 Å². The number of rotatable bonds is 8. The van der Waals surface area contributed by atoms with E-state index in [1.54, 1.807) is 0 Å². The number of carbonyl (C=O) groups excluding carboxylic acids is 1. The van der Waals surface area contributed by atoms with Gasteiger partial charge in [0.2, 0.25) is 0 Å². The summed E-state index contributed by atoms with van der Waals surface area (Å²) in [7, 11) is 0. The fourth-order valence-corrected chi connectivity index (χ4v) is 2.59. The van der Waals surface area contributed by atoms with Gasteiger partial charge in [-0.1, -0.05) is 23.4 Å². The van der Waals surface area contributed by atoms with Crippen molar-refractivity contribution in [1.82, 2.24) is 0 Å². The number of hydrogen-bond donors (Lipinski definition) is 3. The van der Waals surface area contributed by atoms with Crippen LogP contribution < -0.4 is 10.4 Å². The SMILES string of the molecule is Cc1ccccc1[NH2+]CC(O)CON=C(C1CC1)C1CC1.O=C([O-])C(=O)O. The van der Waals surface area contributed by atoms with Crippen molar-refractivity contribution in [3.05, 3.63) is 29.8 Å². The van der Waals surface area contributed by atoms with E-state index in [0.29, 0.717) is 18.4 Å². The van der Waals surface area contributed by atoms with Gasteiger partial charge in [-0.25, -0.2) is 4.79 Å². The number of nitrogens with two attached hydrogens (primary N) is 1. The summed E-state index contributed by atoms with van der Waals surface area (Å²) < 4.78 is 0. The van der Waals surface area contributed by atoms with Gasteiger partial charge < -0.3 is 30.3 Å². The molecule has 0 aliphatic heterocycles. The molecule has 1 unspecified atom stereocenters. The van der Waals surface area contributed by atoms with Gasteiger partial charge in [0.1, 0.15) is 24.9 Å². The zero-order valence-electron chi connectivity index (χ0n) is 15.3. The summed E-state index contributed by atoms with van der Waals surface area (Å²) in [6, 6.07) is 8.19. The molecule has 4 N–H and O–H groups in total. The normalized spacial score (nSPS) is 16.5. The summed E-state index contributed by atoms with van der Waals surface area (Å²) in [6.45, 7) is 2.96. The molecule has 0 radical (unpaired) electrons. The van der Waals surface area contributed by atoms with Gasteiger partial charge in [-0.3, -0.25) is 0 Å². The number of nitrogens with zero attached hydrogens (tertiary/aromatic N) is 1. The molecule has 1 atom stereocenters. The van der Waals surface area contributed by atoms with Crippen LogP contribution in [-0.2, 0) is 14.4 Å². The van der Waals surface area contributed by atoms with Crippen molar-refractivity contribution in [2.75, 3.05) is 13.2 Å². The third kappa shape index (κ3) is 7.76. The van der Waals surface area contributed by atoms with Crippen LogP contribution >= 0.6 is 0 Å². The molecular weight excluding hydrogens is 352 g/mol. The molecule has 3 rings (SSSR count). The molecule has 0 spiro atoms. The van der Waals surface area contributed by atoms with Crippen LogP contribution in [0.3, 0.4) is 0 Å². The predicted molar refractivity (Wildman–Crippen MR) is 95.1 cm³/mol. The fraction of sp³-hybridized carbons (Fsp3) is 0.526. The highest BCUT2D eigenvalue weighted by Crippen LogP contribution is 2.42. The van der Waals surface area contributed by atoms with E-state index in [1.165, 1.54) is 42.6 Å². The first kappa shape index (κ1) is 20.9. The molecule has 148 valence electrons. The Labute approximate surface area is 157 Å². The Morgan fingerprint density at radius 1 is 1.26 bits per heavy atom. The molecule has 1 aromatic rings. The molecule has 2 fully saturated rings. The largest absolute Gasteiger partial charge is 0.539 e. The van der Waals surface area contributed by atoms with Crippen molar-refractivity contribution < 1.29 is 35.1 Å². The molecule has 8 heteroatoms. The Kier molecular flexibility index (Phi) is 7.75. The van der Waals surface area contributed by atoms with E-state index >= 15 is 0 Å². The van der Waals surface area contributed by atoms with E-state index in [-0.39, 0.29) is 6.61 Å². The summed E-state index contributed by atoms with van der Waals surface area (Å²) in [4.78, 5) is 23.4. The molecule has 8 nitrogen and oxygen atoms in total. The molecule has 1 aromatic carbocycles. The van der Waals surface area contributed by atoms with Gasteiger partial charge in [-0.15, -0.1) is 0 Å². The van der Waals surface area contributed by atoms with E-state index in [4.69, 9.17) is 24.6 Å². The van der Waals surface area contributed by atoms with Crippen LogP contribution in [0.5, 0.6) is 0 Å². The van der Waals surface area contributed by atoms with E-state index < -0.39 is 18.0 Å². The average Bonchev–Trinajstić information content (AvgIpc) is 3.52. The van der Waals surface area contributed by atoms with Gasteiger partial charge in [0, 0.05) is 17.4 Å². The van der Waals surface area contributed by atoms with Gasteiger partial charge in [0.15, 0.2) is 5.97 Å². The number of hydrogen-bond acceptors (Lipinski definition) is 6. The molecule has 0 saturated heterocycles. The van der Waals surface area contributed by atoms with Crippen LogP contribution in [0.1, 0.15) is 31.2 Å². The van der Waals surface area contributed by atoms with Crippen LogP contribution in [0.2, 0.25) is 0 Å². The second-order valence-corrected chi connectivity index (χ2v) is 6.90. The fourth-order valence-electron chi connectivity index (χ4n) is 2.59. The van der Waals surface area contributed by atoms with Gasteiger partial charge in [0.05, 0.1) is 5.71 Å². The molecule has 2 aliphatic rings. The molecule has 2 saturated carbocycles. The summed E-state index contributed by atoms with van der Waals surface area (Å²) >= 11 is 0. The monoisotopic (exact) mass is 378 g/mol. The highest BCUT2D eigenvalue weighted by molar-refractivity contribution is 6.26. The first-order valence-corrected chi connectivity index (χ1v) is 9.09. The molecule has 0 aromatic heterocycles. The van der Waals surface area contributed by atoms with Crippen LogP contribution in [0, 0.1) is 18.8 Å². The lowest BCUT2D eigenvalue weighted by molar-refractivity contribution is -0.580. The molecule has 2 aliphatic carbocycles. The van der Waals surface area contributed by atoms with E-state index in [1.807, 2.05) is 12.1 Å². The first-order chi connectivity index (χ1) is 12.9. The molecule has 0 amide bonds. The van der Waals surface area contributed by atoms with E-state index in [9.17, 15) is 5.11 Å². The van der Waals surface area contributed by atoms with Crippen molar-refractivity contribution in [3.8, 4) is 0 Å². The molecular formula is C19H26N2O6. The molecule has 0 heterocycles. The Morgan fingerprint density at radius 2 is 1.81 bits per heavy atom. The summed E-state index contributed by atoms with van der Waals surface area (Å²) in [5.74, 6) is -2.66. The van der Waals surface area contributed by atoms with Crippen LogP contribution in [0.25, 0.3) is 0 Å². The number of para-hydroxylation sites is 1. The number of carbonyl (C=O) groups is 2. The van der Waals surface area contributed by atoms with Crippen molar-refractivity contribution in [2.24, 2.45) is 17.0 Å². The Morgan fingerprint density at radius 3 is 2.30 bits per heavy atom. The number of aliphatic hydroxyl groups is 1. The number of carboxylic acid groups (broad SMARTS) is 2. The van der Waals surface area contributed by atoms with Crippen molar-refractivity contribution in [3.63, 3.8) is 0 Å². The van der Waals surface area contributed by atoms with Crippen molar-refractivity contribution in [2.45, 2.75) is 38.7 Å². The number of carboxylic acids is 2. The minimum Gasteiger partial charge on any atom is -0.539 e. The van der Waals surface area contributed by atoms with Gasteiger partial charge >= 0.3 is 5.97 Å². The quantitative estimate of drug-likeness (QED) is 0.243. The first-order valence-electron chi connectivity index (χ1n) is 9.09. The van der Waals surface area contributed by atoms with Crippen LogP contribution in [-0.4, -0.2) is 47.1 Å². The Balaban J connectivity index is 0.000000380. The number of aryl methyl sites for hydroxylation is 1. The Bertz CT molecular complexity index is 657. The topological polar surface area (TPSA) is 136 Å². The maximum Gasteiger partial charge on any atom is 0.351 e. The summed E-state index contributed by atoms with van der Waals surface area (Å²) in [6.07, 6.45) is 4.57. The van der Waals surface area contributed by atoms with Crippen LogP contribution in [0.15, 0.2) is 29.4 Å². The van der Waals surface area contributed by atoms with E-state index in [0.717, 1.165) is 0 Å². The second kappa shape index (κ2) is 10.0. The third-order valence-electron chi connectivity index (χ3n) is 4.40. The van der Waals surface area contributed by atoms with Crippen LogP contribution in [0.4, 0.5) is 5.69 Å². The number of aliphatic hydroxyl groups excluding tert-OH is 1. The minimum absolute atomic E-state index is 0.283. The van der Waals surface area contributed by atoms with Gasteiger partial charge in [-0.05, 0) is 38.7 Å². The zero-order chi connectivity index (χ0) is 19.8. The summed E-state index contributed by atoms with van der Waals surface area (Å²) in [5, 5.41) is 32.7. The lowest BCUT2D eigenvalue weighted by atomic mass is 10.2. The highest BCUT2D eigenvalue weighted by atomic mass is 16.6. The average molecular weight is 378 g/mol. The Hall–Kier alpha value is -2.45. The van der Waals surface area contributed by atoms with Gasteiger partial charge in [-0.2, -0.15) is 0 Å². The zero-order valence-corrected chi connectivity index (χ0v) is 15.3. The van der Waals surface area contributed by atoms with Crippen molar-refractivity contribution in [1.29, 1.82) is 0 Å². The lowest BCUT2D eigenvalue weighted by Crippen LogP contribution is -2.81. The third-order valence-corrected chi connectivity index (χ3v) is 4.40. The molecule has 27 heavy (non-hydrogen) atoms. The highest BCUT2D eigenvalue weighted by Gasteiger charge is 2.38. The van der Waals surface area contributed by atoms with Crippen molar-refractivity contribution >= 4 is 23.3 Å². The number of quaternary nitrogens is 1. The predicted octanol–water partition coefficient (Wildman–Crippen LogP) is -0.436. The standard InChI is InChI=1S/C17H24N2O2.C2H2O4/c1-12-4-2-3-5-16(12)18-10-15(20)11-21-19-17(13-6-7-13)14-8-9-14;3-1(4)2(5)6/h2-5,13-15,18,20H,6-11H2,1H3;(H,3,4)(H,5,6). The maximum atomic E-state index is 10.00. The number of benzene rings is 1. The molecule has 0 bridgehead atoms. The number of aliphatic carboxylic acids is 2. The number of oxime groups is 1. The smallest absolute Gasteiger partial charge is 0.351 e. The summed E-state index contributed by atoms with van der Waals surface area (Å²) in [5.41, 5.74) is 3.66.